The summed E-state index contributed by atoms with van der Waals surface area (Å²) < 4.78 is 0. The van der Waals surface area contributed by atoms with Crippen LogP contribution in [0.5, 0.6) is 0 Å². The van der Waals surface area contributed by atoms with Crippen molar-refractivity contribution in [2.75, 3.05) is 47.3 Å². The molecule has 3 rings (SSSR count). The molecule has 1 N–H and O–H groups in total. The lowest BCUT2D eigenvalue weighted by Gasteiger charge is -2.26. The lowest BCUT2D eigenvalue weighted by Crippen LogP contribution is -2.46. The zero-order chi connectivity index (χ0) is 16.4. The molecule has 23 heavy (non-hydrogen) atoms. The number of hydrogen-bond acceptors (Lipinski definition) is 5. The maximum Gasteiger partial charge on any atom is 0.237 e. The molecule has 5 nitrogen and oxygen atoms in total. The van der Waals surface area contributed by atoms with E-state index in [1.807, 2.05) is 25.4 Å². The van der Waals surface area contributed by atoms with Crippen molar-refractivity contribution in [1.29, 1.82) is 0 Å². The first-order chi connectivity index (χ1) is 11.0. The average molecular weight is 337 g/mol. The van der Waals surface area contributed by atoms with Crippen LogP contribution >= 0.6 is 11.3 Å². The Labute approximate surface area is 143 Å². The van der Waals surface area contributed by atoms with Gasteiger partial charge >= 0.3 is 0 Å². The molecule has 0 spiro atoms. The molecule has 2 fully saturated rings. The van der Waals surface area contributed by atoms with Crippen LogP contribution in [0.15, 0.2) is 17.5 Å². The number of likely N-dealkylation sites (N-methyl/N-ethyl adjacent to an activating group) is 2. The Hall–Kier alpha value is -0.950. The zero-order valence-corrected chi connectivity index (χ0v) is 15.2. The number of rotatable bonds is 6. The number of likely N-dealkylation sites (tertiary alicyclic amines) is 2. The van der Waals surface area contributed by atoms with Gasteiger partial charge in [-0.15, -0.1) is 11.3 Å². The minimum Gasteiger partial charge on any atom is -0.353 e. The first-order valence-corrected chi connectivity index (χ1v) is 9.31. The molecular weight excluding hydrogens is 308 g/mol. The predicted octanol–water partition coefficient (Wildman–Crippen LogP) is 0.930. The van der Waals surface area contributed by atoms with E-state index in [2.05, 4.69) is 44.6 Å². The van der Waals surface area contributed by atoms with E-state index in [4.69, 9.17) is 0 Å². The lowest BCUT2D eigenvalue weighted by atomic mass is 10.0. The molecule has 6 heteroatoms. The van der Waals surface area contributed by atoms with E-state index in [0.29, 0.717) is 12.0 Å². The average Bonchev–Trinajstić information content (AvgIpc) is 3.18. The van der Waals surface area contributed by atoms with Gasteiger partial charge in [0.15, 0.2) is 0 Å². The molecular formula is C17H28N4OS. The van der Waals surface area contributed by atoms with Gasteiger partial charge in [0.1, 0.15) is 0 Å². The molecule has 128 valence electrons. The fourth-order valence-electron chi connectivity index (χ4n) is 3.88. The van der Waals surface area contributed by atoms with Crippen LogP contribution in [0.25, 0.3) is 0 Å². The van der Waals surface area contributed by atoms with Gasteiger partial charge in [-0.25, -0.2) is 0 Å². The Kier molecular flexibility index (Phi) is 5.36. The molecule has 1 aromatic rings. The smallest absolute Gasteiger partial charge is 0.237 e. The lowest BCUT2D eigenvalue weighted by molar-refractivity contribution is -0.125. The molecule has 2 aliphatic rings. The Morgan fingerprint density at radius 3 is 2.91 bits per heavy atom. The molecule has 0 aliphatic carbocycles. The number of fused-ring (bicyclic) bond motifs is 1. The fourth-order valence-corrected chi connectivity index (χ4v) is 4.63. The first-order valence-electron chi connectivity index (χ1n) is 8.43. The highest BCUT2D eigenvalue weighted by molar-refractivity contribution is 7.09. The third kappa shape index (κ3) is 3.94. The Morgan fingerprint density at radius 1 is 1.43 bits per heavy atom. The largest absolute Gasteiger partial charge is 0.353 e. The van der Waals surface area contributed by atoms with Crippen LogP contribution in [-0.2, 0) is 11.3 Å². The van der Waals surface area contributed by atoms with Crippen molar-refractivity contribution in [3.63, 3.8) is 0 Å². The van der Waals surface area contributed by atoms with Gasteiger partial charge in [0.2, 0.25) is 5.91 Å². The standard InChI is InChI=1S/C17H28N4OS/c1-19(2)7-6-18-17(22)15-9-13-10-21(12-16(13)20(15)3)11-14-5-4-8-23-14/h4-5,8,13,15-16H,6-7,9-12H2,1-3H3,(H,18,22)/t13-,15-,16+/m1/s1. The van der Waals surface area contributed by atoms with E-state index in [9.17, 15) is 4.79 Å². The third-order valence-corrected chi connectivity index (χ3v) is 6.00. The van der Waals surface area contributed by atoms with Crippen molar-refractivity contribution in [3.8, 4) is 0 Å². The number of nitrogens with zero attached hydrogens (tertiary/aromatic N) is 3. The second-order valence-electron chi connectivity index (χ2n) is 7.11. The molecule has 3 atom stereocenters. The summed E-state index contributed by atoms with van der Waals surface area (Å²) in [4.78, 5) is 20.8. The summed E-state index contributed by atoms with van der Waals surface area (Å²) in [7, 11) is 6.18. The molecule has 2 saturated heterocycles. The third-order valence-electron chi connectivity index (χ3n) is 5.14. The van der Waals surface area contributed by atoms with Gasteiger partial charge in [-0.05, 0) is 44.9 Å². The summed E-state index contributed by atoms with van der Waals surface area (Å²) in [6, 6.07) is 4.91. The molecule has 3 heterocycles. The summed E-state index contributed by atoms with van der Waals surface area (Å²) in [5.74, 6) is 0.832. The second-order valence-corrected chi connectivity index (χ2v) is 8.14. The topological polar surface area (TPSA) is 38.8 Å². The van der Waals surface area contributed by atoms with Crippen LogP contribution < -0.4 is 5.32 Å². The predicted molar refractivity (Wildman–Crippen MR) is 94.6 cm³/mol. The first kappa shape index (κ1) is 16.9. The van der Waals surface area contributed by atoms with E-state index in [0.717, 1.165) is 39.1 Å². The summed E-state index contributed by atoms with van der Waals surface area (Å²) in [6.45, 7) is 4.88. The van der Waals surface area contributed by atoms with Crippen molar-refractivity contribution in [3.05, 3.63) is 22.4 Å². The second kappa shape index (κ2) is 7.30. The number of amides is 1. The summed E-state index contributed by atoms with van der Waals surface area (Å²) in [5, 5.41) is 5.23. The van der Waals surface area contributed by atoms with Crippen LogP contribution in [0.4, 0.5) is 0 Å². The molecule has 0 aromatic carbocycles. The van der Waals surface area contributed by atoms with Crippen LogP contribution in [0.2, 0.25) is 0 Å². The van der Waals surface area contributed by atoms with Crippen molar-refractivity contribution >= 4 is 17.2 Å². The van der Waals surface area contributed by atoms with Gasteiger partial charge < -0.3 is 10.2 Å². The van der Waals surface area contributed by atoms with Gasteiger partial charge in [-0.1, -0.05) is 6.07 Å². The SMILES string of the molecule is CN(C)CCNC(=O)[C@H]1C[C@@H]2CN(Cc3cccs3)C[C@@H]2N1C. The minimum atomic E-state index is 0.0519. The highest BCUT2D eigenvalue weighted by Gasteiger charge is 2.46. The Balaban J connectivity index is 1.49. The maximum atomic E-state index is 12.4. The maximum absolute atomic E-state index is 12.4. The number of nitrogens with one attached hydrogen (secondary N) is 1. The van der Waals surface area contributed by atoms with Gasteiger partial charge in [0.05, 0.1) is 6.04 Å². The van der Waals surface area contributed by atoms with Gasteiger partial charge in [-0.3, -0.25) is 14.6 Å². The van der Waals surface area contributed by atoms with Crippen molar-refractivity contribution < 1.29 is 4.79 Å². The summed E-state index contributed by atoms with van der Waals surface area (Å²) >= 11 is 1.83. The molecule has 0 unspecified atom stereocenters. The molecule has 2 aliphatic heterocycles. The van der Waals surface area contributed by atoms with Crippen molar-refractivity contribution in [2.45, 2.75) is 25.0 Å². The Bertz CT molecular complexity index is 519. The van der Waals surface area contributed by atoms with Crippen LogP contribution in [0.3, 0.4) is 0 Å². The van der Waals surface area contributed by atoms with E-state index >= 15 is 0 Å². The van der Waals surface area contributed by atoms with Gasteiger partial charge in [0.25, 0.3) is 0 Å². The molecule has 0 radical (unpaired) electrons. The van der Waals surface area contributed by atoms with Crippen LogP contribution in [-0.4, -0.2) is 80.0 Å². The number of carbonyl (C=O) groups excluding carboxylic acids is 1. The molecule has 0 saturated carbocycles. The van der Waals surface area contributed by atoms with E-state index < -0.39 is 0 Å². The zero-order valence-electron chi connectivity index (χ0n) is 14.4. The minimum absolute atomic E-state index is 0.0519. The fraction of sp³-hybridized carbons (Fsp3) is 0.706. The van der Waals surface area contributed by atoms with Crippen molar-refractivity contribution in [2.24, 2.45) is 5.92 Å². The summed E-state index contributed by atoms with van der Waals surface area (Å²) in [6.07, 6.45) is 0.996. The number of hydrogen-bond donors (Lipinski definition) is 1. The highest BCUT2D eigenvalue weighted by atomic mass is 32.1. The Morgan fingerprint density at radius 2 is 2.26 bits per heavy atom. The van der Waals surface area contributed by atoms with E-state index in [1.165, 1.54) is 4.88 Å². The number of thiophene rings is 1. The van der Waals surface area contributed by atoms with Crippen LogP contribution in [0, 0.1) is 5.92 Å². The normalized spacial score (nSPS) is 28.4. The van der Waals surface area contributed by atoms with Gasteiger partial charge in [0, 0.05) is 43.6 Å². The van der Waals surface area contributed by atoms with Gasteiger partial charge in [-0.2, -0.15) is 0 Å². The van der Waals surface area contributed by atoms with E-state index in [1.54, 1.807) is 0 Å². The molecule has 1 aromatic heterocycles. The van der Waals surface area contributed by atoms with Crippen molar-refractivity contribution in [1.82, 2.24) is 20.0 Å². The monoisotopic (exact) mass is 336 g/mol. The quantitative estimate of drug-likeness (QED) is 0.839. The highest BCUT2D eigenvalue weighted by Crippen LogP contribution is 2.35. The number of carbonyl (C=O) groups is 1. The van der Waals surface area contributed by atoms with E-state index in [-0.39, 0.29) is 11.9 Å². The molecule has 1 amide bonds. The molecule has 0 bridgehead atoms. The summed E-state index contributed by atoms with van der Waals surface area (Å²) in [5.41, 5.74) is 0. The van der Waals surface area contributed by atoms with Crippen LogP contribution in [0.1, 0.15) is 11.3 Å².